The molecule has 17 heavy (non-hydrogen) atoms. The van der Waals surface area contributed by atoms with Crippen LogP contribution in [0, 0.1) is 11.8 Å². The summed E-state index contributed by atoms with van der Waals surface area (Å²) in [5.74, 6) is -0.520. The maximum absolute atomic E-state index is 11.9. The van der Waals surface area contributed by atoms with Gasteiger partial charge in [0, 0.05) is 19.5 Å². The van der Waals surface area contributed by atoms with Crippen molar-refractivity contribution in [3.05, 3.63) is 0 Å². The average molecular weight is 239 g/mol. The van der Waals surface area contributed by atoms with Crippen molar-refractivity contribution in [3.63, 3.8) is 0 Å². The molecule has 1 heterocycles. The van der Waals surface area contributed by atoms with E-state index in [9.17, 15) is 9.59 Å². The summed E-state index contributed by atoms with van der Waals surface area (Å²) in [6, 6.07) is 0. The van der Waals surface area contributed by atoms with Gasteiger partial charge in [-0.05, 0) is 31.6 Å². The van der Waals surface area contributed by atoms with Gasteiger partial charge in [0.15, 0.2) is 0 Å². The Balaban J connectivity index is 1.94. The van der Waals surface area contributed by atoms with Gasteiger partial charge in [-0.2, -0.15) is 0 Å². The number of aliphatic carboxylic acids is 1. The quantitative estimate of drug-likeness (QED) is 0.818. The molecule has 0 radical (unpaired) electrons. The van der Waals surface area contributed by atoms with Crippen LogP contribution in [-0.2, 0) is 9.59 Å². The number of carboxylic acid groups (broad SMARTS) is 1. The Hall–Kier alpha value is -1.06. The van der Waals surface area contributed by atoms with Crippen molar-refractivity contribution in [2.24, 2.45) is 11.8 Å². The summed E-state index contributed by atoms with van der Waals surface area (Å²) in [5.41, 5.74) is 0. The molecule has 2 fully saturated rings. The second-order valence-corrected chi connectivity index (χ2v) is 5.29. The van der Waals surface area contributed by atoms with E-state index in [1.165, 1.54) is 0 Å². The van der Waals surface area contributed by atoms with E-state index in [-0.39, 0.29) is 17.7 Å². The summed E-state index contributed by atoms with van der Waals surface area (Å²) in [7, 11) is 0. The molecule has 0 bridgehead atoms. The number of likely N-dealkylation sites (tertiary alicyclic amines) is 1. The van der Waals surface area contributed by atoms with Gasteiger partial charge in [-0.1, -0.05) is 12.8 Å². The zero-order valence-electron chi connectivity index (χ0n) is 10.2. The van der Waals surface area contributed by atoms with E-state index < -0.39 is 5.97 Å². The Kier molecular flexibility index (Phi) is 4.02. The number of carbonyl (C=O) groups excluding carboxylic acids is 1. The van der Waals surface area contributed by atoms with E-state index in [2.05, 4.69) is 0 Å². The lowest BCUT2D eigenvalue weighted by Gasteiger charge is -2.26. The molecule has 1 aliphatic carbocycles. The predicted octanol–water partition coefficient (Wildman–Crippen LogP) is 1.89. The number of hydrogen-bond acceptors (Lipinski definition) is 2. The molecule has 1 saturated heterocycles. The molecule has 1 saturated carbocycles. The summed E-state index contributed by atoms with van der Waals surface area (Å²) in [6.45, 7) is 1.48. The monoisotopic (exact) mass is 239 g/mol. The second-order valence-electron chi connectivity index (χ2n) is 5.29. The van der Waals surface area contributed by atoms with Gasteiger partial charge in [0.2, 0.25) is 5.91 Å². The molecule has 2 unspecified atom stereocenters. The predicted molar refractivity (Wildman–Crippen MR) is 63.5 cm³/mol. The van der Waals surface area contributed by atoms with Crippen LogP contribution < -0.4 is 0 Å². The molecular weight excluding hydrogens is 218 g/mol. The fourth-order valence-corrected chi connectivity index (χ4v) is 3.10. The van der Waals surface area contributed by atoms with E-state index in [4.69, 9.17) is 5.11 Å². The maximum Gasteiger partial charge on any atom is 0.306 e. The van der Waals surface area contributed by atoms with Gasteiger partial charge >= 0.3 is 5.97 Å². The molecule has 2 rings (SSSR count). The van der Waals surface area contributed by atoms with Crippen molar-refractivity contribution in [3.8, 4) is 0 Å². The Labute approximate surface area is 102 Å². The third-order valence-electron chi connectivity index (χ3n) is 4.10. The standard InChI is InChI=1S/C13H21NO3/c15-12-7-2-1-3-8-14(12)9-10-5-4-6-11(10)13(16)17/h10-11H,1-9H2,(H,16,17). The molecule has 1 N–H and O–H groups in total. The minimum Gasteiger partial charge on any atom is -0.481 e. The van der Waals surface area contributed by atoms with Crippen LogP contribution in [0.5, 0.6) is 0 Å². The lowest BCUT2D eigenvalue weighted by atomic mass is 9.95. The number of rotatable bonds is 3. The van der Waals surface area contributed by atoms with Crippen LogP contribution >= 0.6 is 0 Å². The maximum atomic E-state index is 11.9. The van der Waals surface area contributed by atoms with Gasteiger partial charge in [0.25, 0.3) is 0 Å². The lowest BCUT2D eigenvalue weighted by molar-refractivity contribution is -0.144. The molecule has 4 heteroatoms. The molecule has 4 nitrogen and oxygen atoms in total. The number of carboxylic acids is 1. The third-order valence-corrected chi connectivity index (χ3v) is 4.10. The first-order chi connectivity index (χ1) is 8.18. The number of hydrogen-bond donors (Lipinski definition) is 1. The molecule has 2 atom stereocenters. The van der Waals surface area contributed by atoms with Gasteiger partial charge in [-0.25, -0.2) is 0 Å². The van der Waals surface area contributed by atoms with Crippen LogP contribution in [0.25, 0.3) is 0 Å². The Morgan fingerprint density at radius 1 is 1.24 bits per heavy atom. The number of carbonyl (C=O) groups is 2. The summed E-state index contributed by atoms with van der Waals surface area (Å²) < 4.78 is 0. The molecule has 0 aromatic carbocycles. The van der Waals surface area contributed by atoms with Crippen LogP contribution in [0.15, 0.2) is 0 Å². The van der Waals surface area contributed by atoms with Crippen LogP contribution in [0.1, 0.15) is 44.9 Å². The first kappa shape index (κ1) is 12.4. The van der Waals surface area contributed by atoms with Crippen LogP contribution in [0.4, 0.5) is 0 Å². The van der Waals surface area contributed by atoms with E-state index in [1.807, 2.05) is 4.90 Å². The van der Waals surface area contributed by atoms with Gasteiger partial charge in [0.05, 0.1) is 5.92 Å². The Morgan fingerprint density at radius 3 is 2.82 bits per heavy atom. The minimum atomic E-state index is -0.685. The Morgan fingerprint density at radius 2 is 2.06 bits per heavy atom. The van der Waals surface area contributed by atoms with E-state index in [1.54, 1.807) is 0 Å². The summed E-state index contributed by atoms with van der Waals surface area (Å²) in [6.07, 6.45) is 6.55. The smallest absolute Gasteiger partial charge is 0.306 e. The third kappa shape index (κ3) is 2.99. The fraction of sp³-hybridized carbons (Fsp3) is 0.846. The molecule has 0 aromatic heterocycles. The van der Waals surface area contributed by atoms with Gasteiger partial charge < -0.3 is 10.0 Å². The SMILES string of the molecule is O=C(O)C1CCCC1CN1CCCCCC1=O. The normalized spacial score (nSPS) is 30.4. The lowest BCUT2D eigenvalue weighted by Crippen LogP contribution is -2.37. The highest BCUT2D eigenvalue weighted by atomic mass is 16.4. The summed E-state index contributed by atoms with van der Waals surface area (Å²) in [4.78, 5) is 24.9. The van der Waals surface area contributed by atoms with Crippen molar-refractivity contribution in [2.75, 3.05) is 13.1 Å². The van der Waals surface area contributed by atoms with E-state index in [0.29, 0.717) is 13.0 Å². The molecular formula is C13H21NO3. The molecule has 96 valence electrons. The second kappa shape index (κ2) is 5.52. The highest BCUT2D eigenvalue weighted by Gasteiger charge is 2.34. The molecule has 2 aliphatic rings. The van der Waals surface area contributed by atoms with Gasteiger partial charge in [-0.15, -0.1) is 0 Å². The van der Waals surface area contributed by atoms with Crippen LogP contribution in [0.3, 0.4) is 0 Å². The zero-order valence-corrected chi connectivity index (χ0v) is 10.2. The molecule has 1 aliphatic heterocycles. The average Bonchev–Trinajstić information content (AvgIpc) is 2.66. The topological polar surface area (TPSA) is 57.6 Å². The van der Waals surface area contributed by atoms with Gasteiger partial charge in [0.1, 0.15) is 0 Å². The first-order valence-corrected chi connectivity index (χ1v) is 6.69. The number of amides is 1. The van der Waals surface area contributed by atoms with Crippen molar-refractivity contribution in [1.29, 1.82) is 0 Å². The van der Waals surface area contributed by atoms with Crippen molar-refractivity contribution in [1.82, 2.24) is 4.90 Å². The van der Waals surface area contributed by atoms with Crippen molar-refractivity contribution >= 4 is 11.9 Å². The molecule has 0 aromatic rings. The van der Waals surface area contributed by atoms with Crippen molar-refractivity contribution < 1.29 is 14.7 Å². The molecule has 1 amide bonds. The Bertz CT molecular complexity index is 303. The fourth-order valence-electron chi connectivity index (χ4n) is 3.10. The van der Waals surface area contributed by atoms with Crippen LogP contribution in [-0.4, -0.2) is 35.0 Å². The highest BCUT2D eigenvalue weighted by Crippen LogP contribution is 2.33. The highest BCUT2D eigenvalue weighted by molar-refractivity contribution is 5.76. The van der Waals surface area contributed by atoms with E-state index in [0.717, 1.165) is 45.1 Å². The summed E-state index contributed by atoms with van der Waals surface area (Å²) >= 11 is 0. The van der Waals surface area contributed by atoms with Crippen LogP contribution in [0.2, 0.25) is 0 Å². The van der Waals surface area contributed by atoms with Gasteiger partial charge in [-0.3, -0.25) is 9.59 Å². The van der Waals surface area contributed by atoms with Crippen molar-refractivity contribution in [2.45, 2.75) is 44.9 Å². The first-order valence-electron chi connectivity index (χ1n) is 6.69. The minimum absolute atomic E-state index is 0.176. The van der Waals surface area contributed by atoms with E-state index >= 15 is 0 Å². The summed E-state index contributed by atoms with van der Waals surface area (Å²) in [5, 5.41) is 9.13. The molecule has 0 spiro atoms. The largest absolute Gasteiger partial charge is 0.481 e. The zero-order chi connectivity index (χ0) is 12.3. The number of nitrogens with zero attached hydrogens (tertiary/aromatic N) is 1.